The lowest BCUT2D eigenvalue weighted by Crippen LogP contribution is -2.44. The van der Waals surface area contributed by atoms with Gasteiger partial charge in [-0.1, -0.05) is 0 Å². The van der Waals surface area contributed by atoms with Crippen molar-refractivity contribution in [1.82, 2.24) is 0 Å². The number of esters is 2. The summed E-state index contributed by atoms with van der Waals surface area (Å²) in [5.74, 6) is -1.15. The van der Waals surface area contributed by atoms with E-state index in [-0.39, 0.29) is 41.4 Å². The normalized spacial score (nSPS) is 52.0. The third-order valence-electron chi connectivity index (χ3n) is 9.51. The predicted molar refractivity (Wildman–Crippen MR) is 109 cm³/mol. The van der Waals surface area contributed by atoms with Crippen LogP contribution < -0.4 is 0 Å². The van der Waals surface area contributed by atoms with Crippen LogP contribution in [-0.2, 0) is 28.5 Å². The SMILES string of the molecule is CC1(C)O[C@]2(C[C@@H]3[C@@H](CC[C@]45C[C@]34C(=O)O[C@H]5c3ccoc3)O2)C[C@@H]1[C@]1(C)C=CC(=O)O1. The summed E-state index contributed by atoms with van der Waals surface area (Å²) < 4.78 is 30.3. The van der Waals surface area contributed by atoms with Crippen LogP contribution in [0.5, 0.6) is 0 Å². The molecule has 6 aliphatic rings. The Kier molecular flexibility index (Phi) is 3.33. The molecular weight excluding hydrogens is 412 g/mol. The van der Waals surface area contributed by atoms with Gasteiger partial charge in [0.05, 0.1) is 29.6 Å². The highest BCUT2D eigenvalue weighted by Crippen LogP contribution is 2.84. The average molecular weight is 440 g/mol. The molecule has 0 radical (unpaired) electrons. The highest BCUT2D eigenvalue weighted by atomic mass is 16.7. The first kappa shape index (κ1) is 19.4. The topological polar surface area (TPSA) is 84.2 Å². The van der Waals surface area contributed by atoms with E-state index in [1.807, 2.05) is 32.9 Å². The van der Waals surface area contributed by atoms with Crippen LogP contribution in [-0.4, -0.2) is 35.0 Å². The van der Waals surface area contributed by atoms with Gasteiger partial charge in [0, 0.05) is 41.7 Å². The molecule has 0 bridgehead atoms. The molecule has 0 N–H and O–H groups in total. The summed E-state index contributed by atoms with van der Waals surface area (Å²) in [6.45, 7) is 6.03. The minimum atomic E-state index is -0.767. The molecule has 170 valence electrons. The third kappa shape index (κ3) is 2.10. The lowest BCUT2D eigenvalue weighted by atomic mass is 9.68. The summed E-state index contributed by atoms with van der Waals surface area (Å²) >= 11 is 0. The monoisotopic (exact) mass is 440 g/mol. The van der Waals surface area contributed by atoms with Crippen molar-refractivity contribution >= 4 is 11.9 Å². The van der Waals surface area contributed by atoms with Crippen LogP contribution in [0, 0.1) is 22.7 Å². The quantitative estimate of drug-likeness (QED) is 0.646. The summed E-state index contributed by atoms with van der Waals surface area (Å²) in [4.78, 5) is 25.1. The minimum absolute atomic E-state index is 0.0229. The first-order valence-electron chi connectivity index (χ1n) is 11.7. The van der Waals surface area contributed by atoms with E-state index in [1.165, 1.54) is 6.08 Å². The minimum Gasteiger partial charge on any atom is -0.472 e. The molecule has 8 atom stereocenters. The smallest absolute Gasteiger partial charge is 0.331 e. The molecule has 7 nitrogen and oxygen atoms in total. The van der Waals surface area contributed by atoms with E-state index in [4.69, 9.17) is 23.4 Å². The van der Waals surface area contributed by atoms with Crippen molar-refractivity contribution in [2.24, 2.45) is 22.7 Å². The van der Waals surface area contributed by atoms with Gasteiger partial charge in [0.15, 0.2) is 5.79 Å². The number of cyclic esters (lactones) is 2. The van der Waals surface area contributed by atoms with Gasteiger partial charge in [-0.15, -0.1) is 0 Å². The molecule has 0 aromatic carbocycles. The zero-order chi connectivity index (χ0) is 22.1. The van der Waals surface area contributed by atoms with E-state index in [1.54, 1.807) is 12.5 Å². The molecule has 1 aromatic heterocycles. The highest BCUT2D eigenvalue weighted by molar-refractivity contribution is 5.87. The number of furan rings is 1. The maximum Gasteiger partial charge on any atom is 0.331 e. The van der Waals surface area contributed by atoms with Crippen molar-refractivity contribution in [3.05, 3.63) is 36.3 Å². The van der Waals surface area contributed by atoms with E-state index in [0.717, 1.165) is 24.8 Å². The van der Waals surface area contributed by atoms with Crippen LogP contribution in [0.15, 0.2) is 35.2 Å². The van der Waals surface area contributed by atoms with E-state index >= 15 is 0 Å². The Morgan fingerprint density at radius 1 is 1.12 bits per heavy atom. The third-order valence-corrected chi connectivity index (χ3v) is 9.51. The summed E-state index contributed by atoms with van der Waals surface area (Å²) in [6.07, 6.45) is 10.4. The first-order valence-corrected chi connectivity index (χ1v) is 11.7. The molecule has 5 heterocycles. The number of carbonyl (C=O) groups is 2. The molecule has 4 aliphatic heterocycles. The number of fused-ring (bicyclic) bond motifs is 1. The lowest BCUT2D eigenvalue weighted by molar-refractivity contribution is -0.238. The molecule has 1 aromatic rings. The number of hydrogen-bond acceptors (Lipinski definition) is 7. The van der Waals surface area contributed by atoms with Crippen LogP contribution in [0.3, 0.4) is 0 Å². The van der Waals surface area contributed by atoms with Gasteiger partial charge < -0.3 is 23.4 Å². The Hall–Kier alpha value is -2.12. The maximum atomic E-state index is 13.3. The van der Waals surface area contributed by atoms with Crippen molar-refractivity contribution in [2.75, 3.05) is 0 Å². The average Bonchev–Trinajstić information content (AvgIpc) is 3.24. The van der Waals surface area contributed by atoms with Gasteiger partial charge in [-0.25, -0.2) is 4.79 Å². The van der Waals surface area contributed by atoms with Crippen molar-refractivity contribution in [2.45, 2.75) is 82.1 Å². The van der Waals surface area contributed by atoms with E-state index in [0.29, 0.717) is 12.8 Å². The van der Waals surface area contributed by atoms with Crippen molar-refractivity contribution in [1.29, 1.82) is 0 Å². The summed E-state index contributed by atoms with van der Waals surface area (Å²) in [7, 11) is 0. The molecule has 3 saturated heterocycles. The van der Waals surface area contributed by atoms with Gasteiger partial charge in [-0.3, -0.25) is 4.79 Å². The molecule has 32 heavy (non-hydrogen) atoms. The summed E-state index contributed by atoms with van der Waals surface area (Å²) in [6, 6.07) is 1.91. The van der Waals surface area contributed by atoms with Crippen LogP contribution in [0.1, 0.15) is 64.5 Å². The molecule has 2 aliphatic carbocycles. The lowest BCUT2D eigenvalue weighted by Gasteiger charge is -2.36. The number of ether oxygens (including phenoxy) is 4. The van der Waals surface area contributed by atoms with Crippen LogP contribution in [0.4, 0.5) is 0 Å². The van der Waals surface area contributed by atoms with Gasteiger partial charge in [0.25, 0.3) is 0 Å². The number of hydrogen-bond donors (Lipinski definition) is 0. The van der Waals surface area contributed by atoms with Gasteiger partial charge in [-0.2, -0.15) is 0 Å². The zero-order valence-electron chi connectivity index (χ0n) is 18.6. The standard InChI is InChI=1S/C25H28O7/c1-21(2)17(22(3)7-5-18(26)31-22)11-24(32-21)10-15-16(30-24)4-8-23-13-25(15,23)20(27)29-19(23)14-6-9-28-12-14/h5-7,9,12,15-17,19H,4,8,10-11,13H2,1-3H3/t15-,16-,17+,19+,22+,23-,24-,25-/m1/s1. The van der Waals surface area contributed by atoms with Crippen molar-refractivity contribution in [3.8, 4) is 0 Å². The Morgan fingerprint density at radius 2 is 1.97 bits per heavy atom. The van der Waals surface area contributed by atoms with Gasteiger partial charge in [-0.05, 0) is 52.2 Å². The molecule has 0 amide bonds. The maximum absolute atomic E-state index is 13.3. The number of carbonyl (C=O) groups excluding carboxylic acids is 2. The zero-order valence-corrected chi connectivity index (χ0v) is 18.6. The van der Waals surface area contributed by atoms with Crippen LogP contribution in [0.2, 0.25) is 0 Å². The Labute approximate surface area is 186 Å². The second-order valence-electron chi connectivity index (χ2n) is 11.5. The molecule has 0 unspecified atom stereocenters. The molecule has 2 saturated carbocycles. The Bertz CT molecular complexity index is 1060. The fourth-order valence-corrected chi connectivity index (χ4v) is 8.25. The Balaban J connectivity index is 1.20. The second-order valence-corrected chi connectivity index (χ2v) is 11.5. The number of rotatable bonds is 2. The summed E-state index contributed by atoms with van der Waals surface area (Å²) in [5, 5.41) is 0. The fraction of sp³-hybridized carbons (Fsp3) is 0.680. The van der Waals surface area contributed by atoms with E-state index in [2.05, 4.69) is 0 Å². The molecule has 7 rings (SSSR count). The summed E-state index contributed by atoms with van der Waals surface area (Å²) in [5.41, 5.74) is -0.957. The van der Waals surface area contributed by atoms with Crippen LogP contribution >= 0.6 is 0 Å². The highest BCUT2D eigenvalue weighted by Gasteiger charge is 2.87. The van der Waals surface area contributed by atoms with Gasteiger partial charge in [0.2, 0.25) is 0 Å². The largest absolute Gasteiger partial charge is 0.472 e. The second kappa shape index (κ2) is 5.50. The van der Waals surface area contributed by atoms with E-state index in [9.17, 15) is 9.59 Å². The molecule has 1 spiro atoms. The molecule has 7 heteroatoms. The van der Waals surface area contributed by atoms with Crippen molar-refractivity contribution in [3.63, 3.8) is 0 Å². The van der Waals surface area contributed by atoms with Gasteiger partial charge in [0.1, 0.15) is 11.7 Å². The molecular formula is C25H28O7. The predicted octanol–water partition coefficient (Wildman–Crippen LogP) is 3.84. The van der Waals surface area contributed by atoms with Crippen LogP contribution in [0.25, 0.3) is 0 Å². The Morgan fingerprint density at radius 3 is 2.69 bits per heavy atom. The van der Waals surface area contributed by atoms with Crippen molar-refractivity contribution < 1.29 is 33.0 Å². The van der Waals surface area contributed by atoms with E-state index < -0.39 is 22.4 Å². The van der Waals surface area contributed by atoms with Gasteiger partial charge >= 0.3 is 11.9 Å². The fourth-order valence-electron chi connectivity index (χ4n) is 8.25. The molecule has 5 fully saturated rings. The first-order chi connectivity index (χ1) is 15.1.